The lowest BCUT2D eigenvalue weighted by atomic mass is 10.00. The van der Waals surface area contributed by atoms with E-state index < -0.39 is 0 Å². The van der Waals surface area contributed by atoms with Gasteiger partial charge in [0.2, 0.25) is 0 Å². The Morgan fingerprint density at radius 3 is 2.60 bits per heavy atom. The van der Waals surface area contributed by atoms with Gasteiger partial charge >= 0.3 is 0 Å². The molecule has 56 valence electrons. The Kier molecular flexibility index (Phi) is 2.22. The summed E-state index contributed by atoms with van der Waals surface area (Å²) in [7, 11) is 0. The first-order valence-corrected chi connectivity index (χ1v) is 3.64. The van der Waals surface area contributed by atoms with Crippen LogP contribution in [0.3, 0.4) is 0 Å². The summed E-state index contributed by atoms with van der Waals surface area (Å²) in [5, 5.41) is 3.05. The highest BCUT2D eigenvalue weighted by Crippen LogP contribution is 2.09. The second kappa shape index (κ2) is 2.97. The minimum Gasteiger partial charge on any atom is -0.306 e. The van der Waals surface area contributed by atoms with Gasteiger partial charge in [-0.15, -0.1) is 0 Å². The summed E-state index contributed by atoms with van der Waals surface area (Å²) in [6.07, 6.45) is 1.77. The van der Waals surface area contributed by atoms with E-state index in [0.717, 1.165) is 6.54 Å². The molecular weight excluding hydrogens is 126 g/mol. The average Bonchev–Trinajstić information content (AvgIpc) is 1.88. The molecule has 2 heteroatoms. The van der Waals surface area contributed by atoms with E-state index in [0.29, 0.717) is 12.5 Å². The summed E-state index contributed by atoms with van der Waals surface area (Å²) in [6, 6.07) is 0. The Bertz CT molecular complexity index is 170. The van der Waals surface area contributed by atoms with Crippen LogP contribution in [0.4, 0.5) is 0 Å². The minimum atomic E-state index is 0.204. The lowest BCUT2D eigenvalue weighted by Crippen LogP contribution is -2.30. The fourth-order valence-corrected chi connectivity index (χ4v) is 1.01. The first-order valence-electron chi connectivity index (χ1n) is 3.64. The van der Waals surface area contributed by atoms with E-state index in [-0.39, 0.29) is 5.78 Å². The van der Waals surface area contributed by atoms with Gasteiger partial charge in [-0.2, -0.15) is 0 Å². The first-order chi connectivity index (χ1) is 4.70. The Morgan fingerprint density at radius 1 is 1.50 bits per heavy atom. The molecule has 0 aromatic carbocycles. The summed E-state index contributed by atoms with van der Waals surface area (Å²) in [4.78, 5) is 10.8. The van der Waals surface area contributed by atoms with Crippen LogP contribution in [0.15, 0.2) is 11.6 Å². The van der Waals surface area contributed by atoms with Crippen molar-refractivity contribution in [2.75, 3.05) is 13.1 Å². The predicted molar refractivity (Wildman–Crippen MR) is 40.8 cm³/mol. The van der Waals surface area contributed by atoms with Crippen LogP contribution in [0.2, 0.25) is 0 Å². The van der Waals surface area contributed by atoms with Crippen molar-refractivity contribution in [2.45, 2.75) is 13.8 Å². The van der Waals surface area contributed by atoms with Gasteiger partial charge < -0.3 is 5.32 Å². The third kappa shape index (κ3) is 1.67. The van der Waals surface area contributed by atoms with Crippen LogP contribution < -0.4 is 5.32 Å². The van der Waals surface area contributed by atoms with Crippen LogP contribution in [0.1, 0.15) is 13.8 Å². The van der Waals surface area contributed by atoms with Crippen LogP contribution in [-0.2, 0) is 4.79 Å². The number of carbonyl (C=O) groups is 1. The van der Waals surface area contributed by atoms with Crippen molar-refractivity contribution in [3.8, 4) is 0 Å². The van der Waals surface area contributed by atoms with Crippen molar-refractivity contribution in [1.82, 2.24) is 5.32 Å². The van der Waals surface area contributed by atoms with Crippen LogP contribution >= 0.6 is 0 Å². The van der Waals surface area contributed by atoms with Crippen molar-refractivity contribution in [2.24, 2.45) is 5.92 Å². The SMILES string of the molecule is CC(C)C1=CC(=O)CNC1. The fraction of sp³-hybridized carbons (Fsp3) is 0.625. The largest absolute Gasteiger partial charge is 0.306 e. The lowest BCUT2D eigenvalue weighted by molar-refractivity contribution is -0.114. The number of hydrogen-bond acceptors (Lipinski definition) is 2. The lowest BCUT2D eigenvalue weighted by Gasteiger charge is -2.15. The van der Waals surface area contributed by atoms with Crippen LogP contribution in [-0.4, -0.2) is 18.9 Å². The summed E-state index contributed by atoms with van der Waals surface area (Å²) in [5.74, 6) is 0.701. The minimum absolute atomic E-state index is 0.204. The summed E-state index contributed by atoms with van der Waals surface area (Å²) < 4.78 is 0. The fourth-order valence-electron chi connectivity index (χ4n) is 1.01. The zero-order valence-electron chi connectivity index (χ0n) is 6.48. The van der Waals surface area contributed by atoms with E-state index in [1.807, 2.05) is 0 Å². The molecule has 1 aliphatic rings. The summed E-state index contributed by atoms with van der Waals surface area (Å²) in [6.45, 7) is 5.60. The molecule has 1 heterocycles. The number of hydrogen-bond donors (Lipinski definition) is 1. The third-order valence-corrected chi connectivity index (χ3v) is 1.72. The molecule has 0 radical (unpaired) electrons. The van der Waals surface area contributed by atoms with E-state index in [1.54, 1.807) is 6.08 Å². The van der Waals surface area contributed by atoms with Gasteiger partial charge in [-0.25, -0.2) is 0 Å². The predicted octanol–water partition coefficient (Wildman–Crippen LogP) is 0.741. The molecular formula is C8H13NO. The van der Waals surface area contributed by atoms with E-state index in [9.17, 15) is 4.79 Å². The molecule has 0 bridgehead atoms. The van der Waals surface area contributed by atoms with E-state index in [4.69, 9.17) is 0 Å². The molecule has 0 fully saturated rings. The number of ketones is 1. The second-order valence-electron chi connectivity index (χ2n) is 2.94. The van der Waals surface area contributed by atoms with E-state index in [2.05, 4.69) is 19.2 Å². The van der Waals surface area contributed by atoms with Crippen molar-refractivity contribution in [3.05, 3.63) is 11.6 Å². The zero-order chi connectivity index (χ0) is 7.56. The van der Waals surface area contributed by atoms with Gasteiger partial charge in [-0.05, 0) is 12.0 Å². The van der Waals surface area contributed by atoms with Crippen LogP contribution in [0, 0.1) is 5.92 Å². The maximum absolute atomic E-state index is 10.8. The molecule has 1 N–H and O–H groups in total. The first kappa shape index (κ1) is 7.48. The summed E-state index contributed by atoms with van der Waals surface area (Å²) in [5.41, 5.74) is 1.22. The molecule has 0 atom stereocenters. The molecule has 0 aromatic rings. The quantitative estimate of drug-likeness (QED) is 0.580. The smallest absolute Gasteiger partial charge is 0.169 e. The molecule has 2 nitrogen and oxygen atoms in total. The molecule has 0 spiro atoms. The number of rotatable bonds is 1. The Morgan fingerprint density at radius 2 is 2.20 bits per heavy atom. The molecule has 0 amide bonds. The monoisotopic (exact) mass is 139 g/mol. The molecule has 1 rings (SSSR count). The van der Waals surface area contributed by atoms with Gasteiger partial charge in [0, 0.05) is 6.54 Å². The Hall–Kier alpha value is -0.630. The van der Waals surface area contributed by atoms with Gasteiger partial charge in [0.1, 0.15) is 0 Å². The molecule has 0 saturated carbocycles. The Balaban J connectivity index is 2.66. The highest BCUT2D eigenvalue weighted by atomic mass is 16.1. The van der Waals surface area contributed by atoms with Gasteiger partial charge in [0.15, 0.2) is 5.78 Å². The molecule has 0 aromatic heterocycles. The molecule has 0 aliphatic carbocycles. The van der Waals surface area contributed by atoms with Crippen molar-refractivity contribution in [1.29, 1.82) is 0 Å². The van der Waals surface area contributed by atoms with Gasteiger partial charge in [-0.3, -0.25) is 4.79 Å². The second-order valence-corrected chi connectivity index (χ2v) is 2.94. The standard InChI is InChI=1S/C8H13NO/c1-6(2)7-3-8(10)5-9-4-7/h3,6,9H,4-5H2,1-2H3. The Labute approximate surface area is 61.3 Å². The van der Waals surface area contributed by atoms with E-state index in [1.165, 1.54) is 5.57 Å². The molecule has 0 unspecified atom stereocenters. The maximum atomic E-state index is 10.8. The van der Waals surface area contributed by atoms with Crippen LogP contribution in [0.5, 0.6) is 0 Å². The normalized spacial score (nSPS) is 19.5. The number of nitrogens with one attached hydrogen (secondary N) is 1. The topological polar surface area (TPSA) is 29.1 Å². The summed E-state index contributed by atoms with van der Waals surface area (Å²) >= 11 is 0. The molecule has 0 saturated heterocycles. The van der Waals surface area contributed by atoms with Gasteiger partial charge in [-0.1, -0.05) is 19.4 Å². The van der Waals surface area contributed by atoms with Crippen molar-refractivity contribution in [3.63, 3.8) is 0 Å². The highest BCUT2D eigenvalue weighted by Gasteiger charge is 2.10. The molecule has 1 aliphatic heterocycles. The van der Waals surface area contributed by atoms with Gasteiger partial charge in [0.05, 0.1) is 6.54 Å². The third-order valence-electron chi connectivity index (χ3n) is 1.72. The highest BCUT2D eigenvalue weighted by molar-refractivity contribution is 5.93. The van der Waals surface area contributed by atoms with Crippen molar-refractivity contribution >= 4 is 5.78 Å². The average molecular weight is 139 g/mol. The molecule has 10 heavy (non-hydrogen) atoms. The maximum Gasteiger partial charge on any atom is 0.169 e. The van der Waals surface area contributed by atoms with Gasteiger partial charge in [0.25, 0.3) is 0 Å². The van der Waals surface area contributed by atoms with Crippen LogP contribution in [0.25, 0.3) is 0 Å². The van der Waals surface area contributed by atoms with E-state index >= 15 is 0 Å². The van der Waals surface area contributed by atoms with Crippen molar-refractivity contribution < 1.29 is 4.79 Å². The number of carbonyl (C=O) groups excluding carboxylic acids is 1. The zero-order valence-corrected chi connectivity index (χ0v) is 6.48.